The van der Waals surface area contributed by atoms with Gasteiger partial charge in [0.15, 0.2) is 0 Å². The van der Waals surface area contributed by atoms with Crippen molar-refractivity contribution in [2.24, 2.45) is 0 Å². The van der Waals surface area contributed by atoms with Gasteiger partial charge in [0.05, 0.1) is 5.83 Å². The quantitative estimate of drug-likeness (QED) is 0.440. The van der Waals surface area contributed by atoms with Crippen molar-refractivity contribution >= 4 is 0 Å². The van der Waals surface area contributed by atoms with E-state index in [2.05, 4.69) is 0 Å². The number of hydrogen-bond acceptors (Lipinski definition) is 0. The summed E-state index contributed by atoms with van der Waals surface area (Å²) in [4.78, 5) is 0. The zero-order chi connectivity index (χ0) is 5.28. The minimum Gasteiger partial charge on any atom is -0.243 e. The molecule has 0 N–H and O–H groups in total. The van der Waals surface area contributed by atoms with E-state index in [4.69, 9.17) is 0 Å². The molecule has 0 amide bonds. The molecule has 0 bridgehead atoms. The first-order valence-electron chi connectivity index (χ1n) is 2.29. The molecule has 0 nitrogen and oxygen atoms in total. The Balaban J connectivity index is 2.50. The van der Waals surface area contributed by atoms with Crippen molar-refractivity contribution in [3.8, 4) is 0 Å². The van der Waals surface area contributed by atoms with Crippen LogP contribution < -0.4 is 0 Å². The van der Waals surface area contributed by atoms with Gasteiger partial charge in [-0.2, -0.15) is 0 Å². The maximum atomic E-state index is 11.9. The molecule has 0 saturated carbocycles. The van der Waals surface area contributed by atoms with Crippen molar-refractivity contribution in [3.63, 3.8) is 0 Å². The molecule has 0 radical (unpaired) electrons. The maximum Gasteiger partial charge on any atom is 0.121 e. The normalized spacial score (nSPS) is 30.6. The minimum atomic E-state index is -1.01. The van der Waals surface area contributed by atoms with Crippen LogP contribution in [-0.4, -0.2) is 6.17 Å². The van der Waals surface area contributed by atoms with Crippen molar-refractivity contribution in [3.05, 3.63) is 11.9 Å². The summed E-state index contributed by atoms with van der Waals surface area (Å²) >= 11 is 0. The highest BCUT2D eigenvalue weighted by Gasteiger charge is 2.12. The average Bonchev–Trinajstić information content (AvgIpc) is 1.87. The topological polar surface area (TPSA) is 0 Å². The SMILES string of the molecule is FC1=CC(F)CC1. The van der Waals surface area contributed by atoms with Gasteiger partial charge in [-0.3, -0.25) is 0 Å². The van der Waals surface area contributed by atoms with E-state index < -0.39 is 6.17 Å². The fourth-order valence-electron chi connectivity index (χ4n) is 0.639. The van der Waals surface area contributed by atoms with Gasteiger partial charge < -0.3 is 0 Å². The van der Waals surface area contributed by atoms with E-state index >= 15 is 0 Å². The zero-order valence-corrected chi connectivity index (χ0v) is 3.82. The van der Waals surface area contributed by atoms with Crippen LogP contribution in [0.5, 0.6) is 0 Å². The third-order valence-electron chi connectivity index (χ3n) is 1.02. The highest BCUT2D eigenvalue weighted by Crippen LogP contribution is 2.20. The molecule has 0 aliphatic heterocycles. The summed E-state index contributed by atoms with van der Waals surface area (Å²) in [7, 11) is 0. The van der Waals surface area contributed by atoms with E-state index in [0.717, 1.165) is 6.08 Å². The molecule has 7 heavy (non-hydrogen) atoms. The molecule has 0 heterocycles. The number of halogens is 2. The molecule has 1 rings (SSSR count). The van der Waals surface area contributed by atoms with E-state index in [0.29, 0.717) is 12.8 Å². The summed E-state index contributed by atoms with van der Waals surface area (Å²) in [5.41, 5.74) is 0. The van der Waals surface area contributed by atoms with Crippen molar-refractivity contribution in [1.82, 2.24) is 0 Å². The Morgan fingerprint density at radius 1 is 1.71 bits per heavy atom. The van der Waals surface area contributed by atoms with Gasteiger partial charge >= 0.3 is 0 Å². The Labute approximate surface area is 40.8 Å². The van der Waals surface area contributed by atoms with E-state index in [-0.39, 0.29) is 5.83 Å². The average molecular weight is 104 g/mol. The second-order valence-corrected chi connectivity index (χ2v) is 1.67. The van der Waals surface area contributed by atoms with Gasteiger partial charge in [0.1, 0.15) is 6.17 Å². The molecule has 0 aromatic rings. The van der Waals surface area contributed by atoms with Crippen molar-refractivity contribution < 1.29 is 8.78 Å². The van der Waals surface area contributed by atoms with Crippen LogP contribution in [0.4, 0.5) is 8.78 Å². The lowest BCUT2D eigenvalue weighted by molar-refractivity contribution is 0.395. The van der Waals surface area contributed by atoms with E-state index in [1.165, 1.54) is 0 Å². The second kappa shape index (κ2) is 1.60. The molecule has 0 fully saturated rings. The Morgan fingerprint density at radius 3 is 2.57 bits per heavy atom. The second-order valence-electron chi connectivity index (χ2n) is 1.67. The van der Waals surface area contributed by atoms with Crippen molar-refractivity contribution in [2.45, 2.75) is 19.0 Å². The van der Waals surface area contributed by atoms with Crippen LogP contribution >= 0.6 is 0 Å². The standard InChI is InChI=1S/C5H6F2/c6-4-1-2-5(7)3-4/h3-4H,1-2H2. The Hall–Kier alpha value is -0.400. The number of rotatable bonds is 0. The molecular weight excluding hydrogens is 98.1 g/mol. The molecular formula is C5H6F2. The fraction of sp³-hybridized carbons (Fsp3) is 0.600. The third kappa shape index (κ3) is 0.981. The number of alkyl halides is 1. The summed E-state index contributed by atoms with van der Waals surface area (Å²) in [6, 6.07) is 0. The molecule has 0 aromatic heterocycles. The van der Waals surface area contributed by atoms with Crippen LogP contribution in [0.3, 0.4) is 0 Å². The summed E-state index contributed by atoms with van der Waals surface area (Å²) < 4.78 is 23.7. The van der Waals surface area contributed by atoms with Gasteiger partial charge in [-0.15, -0.1) is 0 Å². The van der Waals surface area contributed by atoms with Crippen LogP contribution in [-0.2, 0) is 0 Å². The van der Waals surface area contributed by atoms with Crippen LogP contribution in [0.2, 0.25) is 0 Å². The monoisotopic (exact) mass is 104 g/mol. The first kappa shape index (κ1) is 4.75. The third-order valence-corrected chi connectivity index (χ3v) is 1.02. The number of allylic oxidation sites excluding steroid dienone is 2. The molecule has 1 aliphatic rings. The minimum absolute atomic E-state index is 0.293. The first-order valence-corrected chi connectivity index (χ1v) is 2.29. The van der Waals surface area contributed by atoms with Crippen LogP contribution in [0.15, 0.2) is 11.9 Å². The van der Waals surface area contributed by atoms with Crippen LogP contribution in [0.1, 0.15) is 12.8 Å². The maximum absolute atomic E-state index is 11.9. The smallest absolute Gasteiger partial charge is 0.121 e. The molecule has 2 heteroatoms. The number of hydrogen-bond donors (Lipinski definition) is 0. The molecule has 0 aromatic carbocycles. The van der Waals surface area contributed by atoms with Gasteiger partial charge in [0.2, 0.25) is 0 Å². The van der Waals surface area contributed by atoms with Gasteiger partial charge in [0.25, 0.3) is 0 Å². The van der Waals surface area contributed by atoms with E-state index in [1.54, 1.807) is 0 Å². The lowest BCUT2D eigenvalue weighted by Crippen LogP contribution is -1.83. The summed E-state index contributed by atoms with van der Waals surface area (Å²) in [5, 5.41) is 0. The highest BCUT2D eigenvalue weighted by atomic mass is 19.1. The molecule has 40 valence electrons. The Morgan fingerprint density at radius 2 is 2.43 bits per heavy atom. The highest BCUT2D eigenvalue weighted by molar-refractivity contribution is 5.03. The lowest BCUT2D eigenvalue weighted by atomic mass is 10.3. The molecule has 1 atom stereocenters. The molecule has 1 unspecified atom stereocenters. The van der Waals surface area contributed by atoms with Crippen molar-refractivity contribution in [1.29, 1.82) is 0 Å². The summed E-state index contributed by atoms with van der Waals surface area (Å²) in [5.74, 6) is -0.299. The fourth-order valence-corrected chi connectivity index (χ4v) is 0.639. The van der Waals surface area contributed by atoms with Gasteiger partial charge in [-0.05, 0) is 12.5 Å². The van der Waals surface area contributed by atoms with Gasteiger partial charge in [-0.1, -0.05) is 0 Å². The van der Waals surface area contributed by atoms with E-state index in [1.807, 2.05) is 0 Å². The van der Waals surface area contributed by atoms with Crippen LogP contribution in [0, 0.1) is 0 Å². The predicted octanol–water partition coefficient (Wildman–Crippen LogP) is 1.97. The van der Waals surface area contributed by atoms with Crippen molar-refractivity contribution in [2.75, 3.05) is 0 Å². The first-order chi connectivity index (χ1) is 3.29. The van der Waals surface area contributed by atoms with Gasteiger partial charge in [0, 0.05) is 6.42 Å². The largest absolute Gasteiger partial charge is 0.243 e. The predicted molar refractivity (Wildman–Crippen MR) is 23.3 cm³/mol. The zero-order valence-electron chi connectivity index (χ0n) is 3.82. The Kier molecular flexibility index (Phi) is 1.09. The molecule has 0 saturated heterocycles. The van der Waals surface area contributed by atoms with E-state index in [9.17, 15) is 8.78 Å². The summed E-state index contributed by atoms with van der Waals surface area (Å²) in [6.07, 6.45) is 0.646. The summed E-state index contributed by atoms with van der Waals surface area (Å²) in [6.45, 7) is 0. The van der Waals surface area contributed by atoms with Crippen LogP contribution in [0.25, 0.3) is 0 Å². The molecule has 0 spiro atoms. The van der Waals surface area contributed by atoms with Gasteiger partial charge in [-0.25, -0.2) is 8.78 Å². The lowest BCUT2D eigenvalue weighted by Gasteiger charge is -1.84. The molecule has 1 aliphatic carbocycles. The Bertz CT molecular complexity index is 96.3.